The van der Waals surface area contributed by atoms with Gasteiger partial charge in [-0.05, 0) is 73.9 Å². The summed E-state index contributed by atoms with van der Waals surface area (Å²) in [6.45, 7) is 5.38. The van der Waals surface area contributed by atoms with E-state index >= 15 is 0 Å². The van der Waals surface area contributed by atoms with Crippen molar-refractivity contribution in [1.82, 2.24) is 5.43 Å². The van der Waals surface area contributed by atoms with Crippen molar-refractivity contribution < 1.29 is 14.6 Å². The van der Waals surface area contributed by atoms with E-state index in [4.69, 9.17) is 17.0 Å². The Morgan fingerprint density at radius 1 is 1.15 bits per heavy atom. The van der Waals surface area contributed by atoms with Crippen LogP contribution < -0.4 is 20.6 Å². The van der Waals surface area contributed by atoms with E-state index in [9.17, 15) is 9.90 Å². The van der Waals surface area contributed by atoms with Gasteiger partial charge in [0.2, 0.25) is 0 Å². The minimum Gasteiger partial charge on any atom is -0.546 e. The number of ether oxygens (including phenoxy) is 1. The number of hydrogen-bond acceptors (Lipinski definition) is 5. The van der Waals surface area contributed by atoms with Crippen molar-refractivity contribution in [2.75, 3.05) is 11.9 Å². The Balaban J connectivity index is 1.96. The highest BCUT2D eigenvalue weighted by Crippen LogP contribution is 2.19. The molecule has 0 spiro atoms. The number of carboxylic acid groups (broad SMARTS) is 1. The maximum Gasteiger partial charge on any atom is 0.191 e. The summed E-state index contributed by atoms with van der Waals surface area (Å²) in [6.07, 6.45) is 0. The first kappa shape index (κ1) is 19.4. The fraction of sp³-hybridized carbons (Fsp3) is 0.211. The zero-order valence-electron chi connectivity index (χ0n) is 14.8. The minimum atomic E-state index is -1.26. The molecular formula is C19H20N3O3S-. The van der Waals surface area contributed by atoms with Gasteiger partial charge in [0.1, 0.15) is 12.4 Å². The van der Waals surface area contributed by atoms with Gasteiger partial charge in [-0.1, -0.05) is 18.2 Å². The van der Waals surface area contributed by atoms with Crippen LogP contribution in [0.5, 0.6) is 5.75 Å². The first-order valence-corrected chi connectivity index (χ1v) is 8.38. The molecule has 0 aliphatic heterocycles. The number of rotatable bonds is 6. The van der Waals surface area contributed by atoms with E-state index in [1.54, 1.807) is 24.3 Å². The van der Waals surface area contributed by atoms with Crippen molar-refractivity contribution >= 4 is 34.7 Å². The molecule has 0 radical (unpaired) electrons. The van der Waals surface area contributed by atoms with Gasteiger partial charge in [-0.3, -0.25) is 5.43 Å². The molecule has 0 aliphatic carbocycles. The van der Waals surface area contributed by atoms with E-state index < -0.39 is 12.6 Å². The normalized spacial score (nSPS) is 11.0. The zero-order chi connectivity index (χ0) is 19.1. The molecule has 0 fully saturated rings. The Bertz CT molecular complexity index is 812. The maximum atomic E-state index is 10.4. The van der Waals surface area contributed by atoms with Crippen LogP contribution in [0.2, 0.25) is 0 Å². The van der Waals surface area contributed by atoms with Gasteiger partial charge in [0, 0.05) is 5.69 Å². The van der Waals surface area contributed by atoms with Crippen molar-refractivity contribution in [3.05, 3.63) is 59.2 Å². The summed E-state index contributed by atoms with van der Waals surface area (Å²) in [4.78, 5) is 10.4. The number of nitrogens with one attached hydrogen (secondary N) is 2. The van der Waals surface area contributed by atoms with Crippen LogP contribution in [0.3, 0.4) is 0 Å². The molecule has 0 aliphatic rings. The van der Waals surface area contributed by atoms with E-state index in [0.717, 1.165) is 28.1 Å². The lowest BCUT2D eigenvalue weighted by Crippen LogP contribution is -2.28. The number of aryl methyl sites for hydroxylation is 2. The maximum absolute atomic E-state index is 10.4. The Labute approximate surface area is 157 Å². The fourth-order valence-corrected chi connectivity index (χ4v) is 2.43. The van der Waals surface area contributed by atoms with E-state index in [1.165, 1.54) is 0 Å². The molecule has 2 rings (SSSR count). The highest BCUT2D eigenvalue weighted by atomic mass is 32.1. The van der Waals surface area contributed by atoms with Gasteiger partial charge in [0.15, 0.2) is 5.11 Å². The van der Waals surface area contributed by atoms with Gasteiger partial charge >= 0.3 is 0 Å². The van der Waals surface area contributed by atoms with Crippen molar-refractivity contribution in [3.63, 3.8) is 0 Å². The van der Waals surface area contributed by atoms with Crippen molar-refractivity contribution in [3.8, 4) is 5.75 Å². The van der Waals surface area contributed by atoms with Crippen LogP contribution in [-0.4, -0.2) is 23.4 Å². The minimum absolute atomic E-state index is 0.399. The van der Waals surface area contributed by atoms with E-state index in [2.05, 4.69) is 15.8 Å². The topological polar surface area (TPSA) is 85.8 Å². The third-order valence-electron chi connectivity index (χ3n) is 3.67. The highest BCUT2D eigenvalue weighted by Gasteiger charge is 2.04. The van der Waals surface area contributed by atoms with Gasteiger partial charge in [-0.15, -0.1) is 0 Å². The lowest BCUT2D eigenvalue weighted by atomic mass is 10.1. The van der Waals surface area contributed by atoms with E-state index in [0.29, 0.717) is 10.9 Å². The summed E-state index contributed by atoms with van der Waals surface area (Å²) in [7, 11) is 0. The quantitative estimate of drug-likeness (QED) is 0.460. The smallest absolute Gasteiger partial charge is 0.191 e. The summed E-state index contributed by atoms with van der Waals surface area (Å²) < 4.78 is 5.04. The molecule has 0 heterocycles. The Hall–Kier alpha value is -2.93. The van der Waals surface area contributed by atoms with Crippen molar-refractivity contribution in [1.29, 1.82) is 0 Å². The summed E-state index contributed by atoms with van der Waals surface area (Å²) in [5.74, 6) is -0.813. The number of anilines is 1. The molecule has 0 saturated carbocycles. The number of hydrazone groups is 1. The number of carbonyl (C=O) groups excluding carboxylic acids is 1. The summed E-state index contributed by atoms with van der Waals surface area (Å²) in [5.41, 5.74) is 7.57. The Morgan fingerprint density at radius 3 is 2.35 bits per heavy atom. The predicted octanol–water partition coefficient (Wildman–Crippen LogP) is 2.14. The third-order valence-corrected chi connectivity index (χ3v) is 3.87. The molecule has 2 N–H and O–H groups in total. The molecule has 0 unspecified atom stereocenters. The van der Waals surface area contributed by atoms with Crippen molar-refractivity contribution in [2.24, 2.45) is 5.10 Å². The molecule has 0 saturated heterocycles. The zero-order valence-corrected chi connectivity index (χ0v) is 15.6. The molecule has 136 valence electrons. The second-order valence-corrected chi connectivity index (χ2v) is 6.12. The highest BCUT2D eigenvalue weighted by molar-refractivity contribution is 7.80. The molecule has 0 aromatic heterocycles. The average Bonchev–Trinajstić information content (AvgIpc) is 2.61. The summed E-state index contributed by atoms with van der Waals surface area (Å²) >= 11 is 5.29. The van der Waals surface area contributed by atoms with Crippen LogP contribution in [-0.2, 0) is 4.79 Å². The van der Waals surface area contributed by atoms with Gasteiger partial charge in [-0.2, -0.15) is 5.10 Å². The molecule has 7 heteroatoms. The molecular weight excluding hydrogens is 350 g/mol. The van der Waals surface area contributed by atoms with Gasteiger partial charge in [0.05, 0.1) is 11.7 Å². The molecule has 26 heavy (non-hydrogen) atoms. The van der Waals surface area contributed by atoms with Gasteiger partial charge in [0.25, 0.3) is 0 Å². The lowest BCUT2D eigenvalue weighted by Gasteiger charge is -2.13. The van der Waals surface area contributed by atoms with Crippen LogP contribution in [0.15, 0.2) is 47.6 Å². The Kier molecular flexibility index (Phi) is 6.68. The van der Waals surface area contributed by atoms with Gasteiger partial charge < -0.3 is 20.0 Å². The SMILES string of the molecule is C/C(=N/NC(=S)Nc1c(C)cccc1C)c1ccc(OCC(=O)[O-])cc1. The molecule has 6 nitrogen and oxygen atoms in total. The third kappa shape index (κ3) is 5.56. The first-order valence-electron chi connectivity index (χ1n) is 7.97. The first-order chi connectivity index (χ1) is 12.4. The predicted molar refractivity (Wildman–Crippen MR) is 104 cm³/mol. The molecule has 0 atom stereocenters. The van der Waals surface area contributed by atoms with Crippen LogP contribution in [0, 0.1) is 13.8 Å². The Morgan fingerprint density at radius 2 is 1.77 bits per heavy atom. The van der Waals surface area contributed by atoms with Crippen LogP contribution in [0.25, 0.3) is 0 Å². The second kappa shape index (κ2) is 8.96. The number of carbonyl (C=O) groups is 1. The number of thiocarbonyl (C=S) groups is 1. The lowest BCUT2D eigenvalue weighted by molar-refractivity contribution is -0.307. The molecule has 2 aromatic carbocycles. The molecule has 0 amide bonds. The molecule has 0 bridgehead atoms. The van der Waals surface area contributed by atoms with Gasteiger partial charge in [-0.25, -0.2) is 0 Å². The number of aliphatic carboxylic acids is 1. The van der Waals surface area contributed by atoms with Crippen LogP contribution in [0.1, 0.15) is 23.6 Å². The number of hydrogen-bond donors (Lipinski definition) is 2. The summed E-state index contributed by atoms with van der Waals surface area (Å²) in [5, 5.41) is 18.2. The number of nitrogens with zero attached hydrogens (tertiary/aromatic N) is 1. The average molecular weight is 370 g/mol. The number of para-hydroxylation sites is 1. The fourth-order valence-electron chi connectivity index (χ4n) is 2.29. The standard InChI is InChI=1S/C19H21N3O3S/c1-12-5-4-6-13(2)18(12)20-19(26)22-21-14(3)15-7-9-16(10-8-15)25-11-17(23)24/h4-10H,11H2,1-3H3,(H,23,24)(H2,20,22,26)/p-1/b21-14-. The number of benzene rings is 2. The molecule has 2 aromatic rings. The second-order valence-electron chi connectivity index (χ2n) is 5.72. The monoisotopic (exact) mass is 370 g/mol. The van der Waals surface area contributed by atoms with E-state index in [1.807, 2.05) is 39.0 Å². The summed E-state index contributed by atoms with van der Waals surface area (Å²) in [6, 6.07) is 12.9. The van der Waals surface area contributed by atoms with Crippen LogP contribution >= 0.6 is 12.2 Å². The largest absolute Gasteiger partial charge is 0.546 e. The van der Waals surface area contributed by atoms with Crippen LogP contribution in [0.4, 0.5) is 5.69 Å². The van der Waals surface area contributed by atoms with E-state index in [-0.39, 0.29) is 0 Å². The van der Waals surface area contributed by atoms with Crippen molar-refractivity contribution in [2.45, 2.75) is 20.8 Å². The number of carboxylic acids is 1.